The molecule has 0 radical (unpaired) electrons. The number of aromatic nitrogens is 1. The third-order valence-corrected chi connectivity index (χ3v) is 9.10. The van der Waals surface area contributed by atoms with Gasteiger partial charge in [-0.2, -0.15) is 0 Å². The van der Waals surface area contributed by atoms with Crippen LogP contribution in [-0.4, -0.2) is 28.7 Å². The highest BCUT2D eigenvalue weighted by Crippen LogP contribution is 2.39. The lowest BCUT2D eigenvalue weighted by Gasteiger charge is -2.29. The number of alkyl carbamates (subject to hydrolysis) is 1. The third-order valence-electron chi connectivity index (χ3n) is 9.10. The van der Waals surface area contributed by atoms with Gasteiger partial charge < -0.3 is 10.1 Å². The molecule has 2 amide bonds. The number of unbranched alkanes of at least 4 members (excludes halogenated alkanes) is 4. The summed E-state index contributed by atoms with van der Waals surface area (Å²) < 4.78 is 5.92. The van der Waals surface area contributed by atoms with E-state index in [4.69, 9.17) is 14.9 Å². The van der Waals surface area contributed by atoms with Crippen molar-refractivity contribution in [3.63, 3.8) is 0 Å². The lowest BCUT2D eigenvalue weighted by atomic mass is 9.77. The predicted octanol–water partition coefficient (Wildman–Crippen LogP) is 9.51. The van der Waals surface area contributed by atoms with Gasteiger partial charge in [0.05, 0.1) is 11.4 Å². The van der Waals surface area contributed by atoms with Crippen LogP contribution in [-0.2, 0) is 9.53 Å². The van der Waals surface area contributed by atoms with Crippen LogP contribution in [0.4, 0.5) is 4.79 Å². The second-order valence-corrected chi connectivity index (χ2v) is 12.5. The zero-order valence-corrected chi connectivity index (χ0v) is 27.1. The van der Waals surface area contributed by atoms with Crippen LogP contribution in [0.1, 0.15) is 120 Å². The van der Waals surface area contributed by atoms with Gasteiger partial charge in [-0.05, 0) is 86.1 Å². The summed E-state index contributed by atoms with van der Waals surface area (Å²) in [6.45, 7) is 4.76. The summed E-state index contributed by atoms with van der Waals surface area (Å²) in [5.74, 6) is 1.07. The molecule has 0 unspecified atom stereocenters. The van der Waals surface area contributed by atoms with E-state index in [1.54, 1.807) is 5.48 Å². The highest BCUT2D eigenvalue weighted by Gasteiger charge is 2.23. The minimum Gasteiger partial charge on any atom is -0.441 e. The second kappa shape index (κ2) is 18.3. The van der Waals surface area contributed by atoms with Crippen LogP contribution < -0.4 is 10.8 Å². The van der Waals surface area contributed by atoms with Gasteiger partial charge in [0.15, 0.2) is 0 Å². The number of hydrogen-bond donors (Lipinski definition) is 3. The Hall–Kier alpha value is -3.71. The molecule has 3 N–H and O–H groups in total. The SMILES string of the molecule is CCCCCC1CCC(c2cccc(-c3cc([C@@H](CC)OC(=O)NCCCCCC(=O)NO)cc(-c4ccccc4)n3)c2)CC1. The highest BCUT2D eigenvalue weighted by molar-refractivity contribution is 5.74. The van der Waals surface area contributed by atoms with E-state index in [-0.39, 0.29) is 6.42 Å². The molecule has 7 heteroatoms. The summed E-state index contributed by atoms with van der Waals surface area (Å²) in [4.78, 5) is 29.0. The molecule has 1 aliphatic rings. The number of ether oxygens (including phenoxy) is 1. The van der Waals surface area contributed by atoms with Crippen molar-refractivity contribution in [1.82, 2.24) is 15.8 Å². The van der Waals surface area contributed by atoms with Crippen molar-refractivity contribution in [2.75, 3.05) is 6.54 Å². The van der Waals surface area contributed by atoms with Crippen molar-refractivity contribution in [2.24, 2.45) is 5.92 Å². The van der Waals surface area contributed by atoms with Crippen LogP contribution >= 0.6 is 0 Å². The molecule has 0 aliphatic heterocycles. The Balaban J connectivity index is 1.47. The second-order valence-electron chi connectivity index (χ2n) is 12.5. The van der Waals surface area contributed by atoms with Crippen LogP contribution in [0.5, 0.6) is 0 Å². The zero-order chi connectivity index (χ0) is 31.9. The Bertz CT molecular complexity index is 1340. The van der Waals surface area contributed by atoms with Crippen LogP contribution in [0, 0.1) is 5.92 Å². The topological polar surface area (TPSA) is 101 Å². The zero-order valence-electron chi connectivity index (χ0n) is 27.1. The molecule has 0 spiro atoms. The van der Waals surface area contributed by atoms with Crippen LogP contribution in [0.15, 0.2) is 66.7 Å². The monoisotopic (exact) mass is 613 g/mol. The molecule has 7 nitrogen and oxygen atoms in total. The first kappa shape index (κ1) is 34.2. The molecule has 0 bridgehead atoms. The normalized spacial score (nSPS) is 17.0. The van der Waals surface area contributed by atoms with E-state index in [1.165, 1.54) is 56.9 Å². The molecule has 1 heterocycles. The van der Waals surface area contributed by atoms with E-state index < -0.39 is 18.1 Å². The highest BCUT2D eigenvalue weighted by atomic mass is 16.6. The minimum atomic E-state index is -0.457. The van der Waals surface area contributed by atoms with Gasteiger partial charge in [-0.3, -0.25) is 10.0 Å². The van der Waals surface area contributed by atoms with Gasteiger partial charge in [-0.15, -0.1) is 0 Å². The third kappa shape index (κ3) is 10.7. The smallest absolute Gasteiger partial charge is 0.407 e. The van der Waals surface area contributed by atoms with E-state index in [0.29, 0.717) is 25.3 Å². The maximum Gasteiger partial charge on any atom is 0.407 e. The molecule has 242 valence electrons. The number of carbonyl (C=O) groups is 2. The molecule has 4 rings (SSSR count). The maximum atomic E-state index is 12.8. The van der Waals surface area contributed by atoms with Crippen molar-refractivity contribution in [3.05, 3.63) is 77.9 Å². The maximum absolute atomic E-state index is 12.8. The first-order chi connectivity index (χ1) is 22.0. The molecule has 1 atom stereocenters. The lowest BCUT2D eigenvalue weighted by Crippen LogP contribution is -2.27. The van der Waals surface area contributed by atoms with Crippen molar-refractivity contribution in [2.45, 2.75) is 109 Å². The average molecular weight is 614 g/mol. The molecule has 1 fully saturated rings. The summed E-state index contributed by atoms with van der Waals surface area (Å²) >= 11 is 0. The Morgan fingerprint density at radius 2 is 1.60 bits per heavy atom. The first-order valence-corrected chi connectivity index (χ1v) is 17.1. The number of hydroxylamine groups is 1. The van der Waals surface area contributed by atoms with E-state index in [1.807, 2.05) is 31.2 Å². The molecule has 3 aromatic rings. The Labute approximate surface area is 269 Å². The molecule has 0 saturated heterocycles. The van der Waals surface area contributed by atoms with Crippen molar-refractivity contribution >= 4 is 12.0 Å². The number of benzene rings is 2. The van der Waals surface area contributed by atoms with Crippen LogP contribution in [0.3, 0.4) is 0 Å². The first-order valence-electron chi connectivity index (χ1n) is 17.1. The van der Waals surface area contributed by atoms with Crippen molar-refractivity contribution in [3.8, 4) is 22.5 Å². The summed E-state index contributed by atoms with van der Waals surface area (Å²) in [5, 5.41) is 11.4. The summed E-state index contributed by atoms with van der Waals surface area (Å²) in [6.07, 6.45) is 12.7. The fourth-order valence-electron chi connectivity index (χ4n) is 6.45. The van der Waals surface area contributed by atoms with Gasteiger partial charge in [-0.1, -0.05) is 94.5 Å². The number of nitrogens with one attached hydrogen (secondary N) is 2. The van der Waals surface area contributed by atoms with Gasteiger partial charge in [0.25, 0.3) is 0 Å². The Kier molecular flexibility index (Phi) is 13.9. The number of pyridine rings is 1. The van der Waals surface area contributed by atoms with Crippen molar-refractivity contribution in [1.29, 1.82) is 0 Å². The molecule has 1 aliphatic carbocycles. The van der Waals surface area contributed by atoms with Gasteiger partial charge in [0.1, 0.15) is 6.10 Å². The Morgan fingerprint density at radius 3 is 2.31 bits per heavy atom. The molecule has 1 aromatic heterocycles. The lowest BCUT2D eigenvalue weighted by molar-refractivity contribution is -0.129. The van der Waals surface area contributed by atoms with Crippen molar-refractivity contribution < 1.29 is 19.5 Å². The van der Waals surface area contributed by atoms with Gasteiger partial charge in [-0.25, -0.2) is 15.3 Å². The number of amides is 2. The minimum absolute atomic E-state index is 0.260. The van der Waals surface area contributed by atoms with Crippen LogP contribution in [0.2, 0.25) is 0 Å². The molecular formula is C38H51N3O4. The molecule has 2 aromatic carbocycles. The summed E-state index contributed by atoms with van der Waals surface area (Å²) in [7, 11) is 0. The van der Waals surface area contributed by atoms with E-state index in [0.717, 1.165) is 46.8 Å². The van der Waals surface area contributed by atoms with Crippen LogP contribution in [0.25, 0.3) is 22.5 Å². The largest absolute Gasteiger partial charge is 0.441 e. The predicted molar refractivity (Wildman–Crippen MR) is 180 cm³/mol. The Morgan fingerprint density at radius 1 is 0.867 bits per heavy atom. The quantitative estimate of drug-likeness (QED) is 0.0849. The van der Waals surface area contributed by atoms with E-state index >= 15 is 0 Å². The fraction of sp³-hybridized carbons (Fsp3) is 0.500. The fourth-order valence-corrected chi connectivity index (χ4v) is 6.45. The van der Waals surface area contributed by atoms with Gasteiger partial charge in [0, 0.05) is 24.1 Å². The van der Waals surface area contributed by atoms with Gasteiger partial charge in [0.2, 0.25) is 5.91 Å². The number of nitrogens with zero attached hydrogens (tertiary/aromatic N) is 1. The number of rotatable bonds is 16. The van der Waals surface area contributed by atoms with Gasteiger partial charge >= 0.3 is 6.09 Å². The molecular weight excluding hydrogens is 562 g/mol. The van der Waals surface area contributed by atoms with E-state index in [9.17, 15) is 9.59 Å². The number of hydrogen-bond acceptors (Lipinski definition) is 5. The molecule has 1 saturated carbocycles. The summed E-state index contributed by atoms with van der Waals surface area (Å²) in [5.41, 5.74) is 7.81. The van der Waals surface area contributed by atoms with E-state index in [2.05, 4.69) is 54.7 Å². The average Bonchev–Trinajstić information content (AvgIpc) is 3.09. The molecule has 45 heavy (non-hydrogen) atoms. The summed E-state index contributed by atoms with van der Waals surface area (Å²) in [6, 6.07) is 23.2. The number of carbonyl (C=O) groups excluding carboxylic acids is 2. The standard InChI is InChI=1S/C38H51N3O4/c1-3-5-8-14-28-20-22-29(23-21-28)31-17-13-18-32(25-31)35-27-33(26-34(40-35)30-15-9-6-10-16-30)36(4-2)45-38(43)39-24-12-7-11-19-37(42)41-44/h6,9-10,13,15-18,25-29,36,44H,3-5,7-8,11-12,14,19-24H2,1-2H3,(H,39,43)(H,41,42)/t28?,29?,36-/m1/s1.